The van der Waals surface area contributed by atoms with Crippen LogP contribution in [0.5, 0.6) is 0 Å². The normalized spacial score (nSPS) is 18.0. The van der Waals surface area contributed by atoms with E-state index in [1.54, 1.807) is 23.5 Å². The summed E-state index contributed by atoms with van der Waals surface area (Å²) in [5.41, 5.74) is 2.10. The summed E-state index contributed by atoms with van der Waals surface area (Å²) in [6.07, 6.45) is 6.62. The van der Waals surface area contributed by atoms with Crippen LogP contribution in [0.2, 0.25) is 0 Å². The summed E-state index contributed by atoms with van der Waals surface area (Å²) in [7, 11) is 2.21. The second kappa shape index (κ2) is 8.80. The van der Waals surface area contributed by atoms with E-state index in [0.717, 1.165) is 33.5 Å². The largest absolute Gasteiger partial charge is 0.316 e. The van der Waals surface area contributed by atoms with Crippen molar-refractivity contribution in [2.24, 2.45) is 5.92 Å². The molecule has 1 aliphatic heterocycles. The van der Waals surface area contributed by atoms with E-state index in [0.29, 0.717) is 5.92 Å². The fourth-order valence-electron chi connectivity index (χ4n) is 3.66. The van der Waals surface area contributed by atoms with Crippen LogP contribution in [0.3, 0.4) is 0 Å². The molecule has 146 valence electrons. The van der Waals surface area contributed by atoms with Crippen LogP contribution in [0.4, 0.5) is 15.3 Å². The summed E-state index contributed by atoms with van der Waals surface area (Å²) < 4.78 is 13.1. The molecule has 6 heteroatoms. The smallest absolute Gasteiger partial charge is 0.188 e. The Morgan fingerprint density at radius 3 is 2.86 bits per heavy atom. The van der Waals surface area contributed by atoms with Crippen molar-refractivity contribution in [1.82, 2.24) is 14.9 Å². The van der Waals surface area contributed by atoms with Gasteiger partial charge < -0.3 is 10.2 Å². The zero-order valence-corrected chi connectivity index (χ0v) is 16.9. The fraction of sp³-hybridized carbons (Fsp3) is 0.364. The Kier molecular flexibility index (Phi) is 5.98. The van der Waals surface area contributed by atoms with E-state index in [2.05, 4.69) is 34.4 Å². The fourth-order valence-corrected chi connectivity index (χ4v) is 4.49. The molecule has 1 unspecified atom stereocenters. The van der Waals surface area contributed by atoms with Crippen molar-refractivity contribution >= 4 is 22.3 Å². The van der Waals surface area contributed by atoms with Crippen molar-refractivity contribution < 1.29 is 4.39 Å². The Balaban J connectivity index is 1.41. The van der Waals surface area contributed by atoms with Crippen LogP contribution in [-0.4, -0.2) is 35.0 Å². The highest BCUT2D eigenvalue weighted by atomic mass is 32.1. The predicted octanol–water partition coefficient (Wildman–Crippen LogP) is 5.36. The van der Waals surface area contributed by atoms with Gasteiger partial charge in [-0.25, -0.2) is 14.4 Å². The van der Waals surface area contributed by atoms with Crippen LogP contribution in [0.25, 0.3) is 10.4 Å². The molecule has 1 N–H and O–H groups in total. The van der Waals surface area contributed by atoms with Crippen LogP contribution in [0.1, 0.15) is 25.0 Å². The quantitative estimate of drug-likeness (QED) is 0.630. The molecule has 28 heavy (non-hydrogen) atoms. The number of rotatable bonds is 5. The number of likely N-dealkylation sites (tertiary alicyclic amines) is 1. The van der Waals surface area contributed by atoms with Crippen molar-refractivity contribution in [2.75, 3.05) is 25.5 Å². The zero-order valence-electron chi connectivity index (χ0n) is 16.1. The van der Waals surface area contributed by atoms with Crippen LogP contribution in [0.15, 0.2) is 48.7 Å². The molecule has 3 heterocycles. The van der Waals surface area contributed by atoms with Crippen LogP contribution >= 0.6 is 11.3 Å². The highest BCUT2D eigenvalue weighted by Gasteiger charge is 2.16. The first kappa shape index (κ1) is 19.0. The summed E-state index contributed by atoms with van der Waals surface area (Å²) in [6, 6.07) is 12.6. The monoisotopic (exact) mass is 396 g/mol. The highest BCUT2D eigenvalue weighted by molar-refractivity contribution is 7.18. The maximum absolute atomic E-state index is 13.1. The average molecular weight is 397 g/mol. The van der Waals surface area contributed by atoms with Gasteiger partial charge in [0, 0.05) is 11.9 Å². The van der Waals surface area contributed by atoms with Gasteiger partial charge in [0.1, 0.15) is 11.6 Å². The van der Waals surface area contributed by atoms with Gasteiger partial charge in [-0.15, -0.1) is 0 Å². The third-order valence-corrected chi connectivity index (χ3v) is 6.21. The standard InChI is InChI=1S/C22H25FN4S/c1-27-12-3-4-16(11-13-27)14-19-5-2-6-21(25-19)26-22-24-15-20(28-22)17-7-9-18(23)10-8-17/h2,5-10,15-16H,3-4,11-14H2,1H3,(H,24,25,26). The molecule has 1 saturated heterocycles. The number of thiazole rings is 1. The molecule has 0 amide bonds. The van der Waals surface area contributed by atoms with E-state index >= 15 is 0 Å². The lowest BCUT2D eigenvalue weighted by Crippen LogP contribution is -2.19. The predicted molar refractivity (Wildman–Crippen MR) is 114 cm³/mol. The van der Waals surface area contributed by atoms with Crippen LogP contribution in [0, 0.1) is 11.7 Å². The van der Waals surface area contributed by atoms with Gasteiger partial charge in [-0.3, -0.25) is 0 Å². The topological polar surface area (TPSA) is 41.0 Å². The lowest BCUT2D eigenvalue weighted by Gasteiger charge is -2.15. The first-order valence-corrected chi connectivity index (χ1v) is 10.6. The molecule has 0 aliphatic carbocycles. The molecule has 0 bridgehead atoms. The zero-order chi connectivity index (χ0) is 19.3. The van der Waals surface area contributed by atoms with Gasteiger partial charge in [-0.05, 0) is 81.6 Å². The number of nitrogens with zero attached hydrogens (tertiary/aromatic N) is 3. The van der Waals surface area contributed by atoms with Crippen molar-refractivity contribution in [3.05, 3.63) is 60.2 Å². The molecule has 0 saturated carbocycles. The first-order valence-electron chi connectivity index (χ1n) is 9.79. The molecule has 1 atom stereocenters. The van der Waals surface area contributed by atoms with Crippen molar-refractivity contribution in [3.63, 3.8) is 0 Å². The van der Waals surface area contributed by atoms with E-state index < -0.39 is 0 Å². The van der Waals surface area contributed by atoms with Gasteiger partial charge >= 0.3 is 0 Å². The van der Waals surface area contributed by atoms with Gasteiger partial charge in [0.05, 0.1) is 4.88 Å². The lowest BCUT2D eigenvalue weighted by molar-refractivity contribution is 0.341. The summed E-state index contributed by atoms with van der Waals surface area (Å²) in [4.78, 5) is 12.7. The number of nitrogens with one attached hydrogen (secondary N) is 1. The Bertz CT molecular complexity index is 909. The number of pyridine rings is 1. The van der Waals surface area contributed by atoms with Gasteiger partial charge in [0.25, 0.3) is 0 Å². The number of benzene rings is 1. The first-order chi connectivity index (χ1) is 13.7. The third kappa shape index (κ3) is 4.94. The maximum Gasteiger partial charge on any atom is 0.188 e. The number of hydrogen-bond acceptors (Lipinski definition) is 5. The van der Waals surface area contributed by atoms with Gasteiger partial charge in [-0.1, -0.05) is 29.5 Å². The molecule has 1 fully saturated rings. The van der Waals surface area contributed by atoms with Gasteiger partial charge in [0.2, 0.25) is 0 Å². The van der Waals surface area contributed by atoms with E-state index in [1.165, 1.54) is 44.5 Å². The van der Waals surface area contributed by atoms with E-state index in [-0.39, 0.29) is 5.82 Å². The Morgan fingerprint density at radius 1 is 1.14 bits per heavy atom. The van der Waals surface area contributed by atoms with E-state index in [4.69, 9.17) is 4.98 Å². The number of aromatic nitrogens is 2. The molecule has 4 nitrogen and oxygen atoms in total. The minimum Gasteiger partial charge on any atom is -0.316 e. The average Bonchev–Trinajstić information content (AvgIpc) is 3.05. The molecule has 0 spiro atoms. The van der Waals surface area contributed by atoms with Gasteiger partial charge in [0.15, 0.2) is 5.13 Å². The van der Waals surface area contributed by atoms with Gasteiger partial charge in [-0.2, -0.15) is 0 Å². The molecule has 4 rings (SSSR count). The second-order valence-corrected chi connectivity index (χ2v) is 8.51. The summed E-state index contributed by atoms with van der Waals surface area (Å²) in [5.74, 6) is 1.30. The summed E-state index contributed by atoms with van der Waals surface area (Å²) >= 11 is 1.54. The summed E-state index contributed by atoms with van der Waals surface area (Å²) in [5, 5.41) is 4.11. The maximum atomic E-state index is 13.1. The third-order valence-electron chi connectivity index (χ3n) is 5.25. The van der Waals surface area contributed by atoms with E-state index in [9.17, 15) is 4.39 Å². The Hall–Kier alpha value is -2.31. The van der Waals surface area contributed by atoms with Crippen molar-refractivity contribution in [3.8, 4) is 10.4 Å². The van der Waals surface area contributed by atoms with Crippen LogP contribution in [-0.2, 0) is 6.42 Å². The second-order valence-electron chi connectivity index (χ2n) is 7.48. The van der Waals surface area contributed by atoms with E-state index in [1.807, 2.05) is 12.3 Å². The molecule has 2 aromatic heterocycles. The van der Waals surface area contributed by atoms with Crippen molar-refractivity contribution in [1.29, 1.82) is 0 Å². The summed E-state index contributed by atoms with van der Waals surface area (Å²) in [6.45, 7) is 2.37. The minimum absolute atomic E-state index is 0.229. The Morgan fingerprint density at radius 2 is 2.00 bits per heavy atom. The minimum atomic E-state index is -0.229. The molecule has 1 aliphatic rings. The molecule has 0 radical (unpaired) electrons. The highest BCUT2D eigenvalue weighted by Crippen LogP contribution is 2.30. The number of halogens is 1. The Labute approximate surface area is 169 Å². The number of hydrogen-bond donors (Lipinski definition) is 1. The molecule has 1 aromatic carbocycles. The lowest BCUT2D eigenvalue weighted by atomic mass is 9.95. The SMILES string of the molecule is CN1CCCC(Cc2cccc(Nc3ncc(-c4ccc(F)cc4)s3)n2)CC1. The molecular weight excluding hydrogens is 371 g/mol. The molecular formula is C22H25FN4S. The van der Waals surface area contributed by atoms with Crippen molar-refractivity contribution in [2.45, 2.75) is 25.7 Å². The van der Waals surface area contributed by atoms with Crippen LogP contribution < -0.4 is 5.32 Å². The molecule has 3 aromatic rings. The number of anilines is 2.